The van der Waals surface area contributed by atoms with Gasteiger partial charge in [-0.05, 0) is 78.8 Å². The molecule has 79 heavy (non-hydrogen) atoms. The highest BCUT2D eigenvalue weighted by Crippen LogP contribution is 2.26. The third kappa shape index (κ3) is 16.6. The highest BCUT2D eigenvalue weighted by molar-refractivity contribution is 5.99. The van der Waals surface area contributed by atoms with E-state index in [9.17, 15) is 24.0 Å². The zero-order chi connectivity index (χ0) is 56.1. The van der Waals surface area contributed by atoms with Crippen LogP contribution in [0.4, 0.5) is 4.79 Å². The van der Waals surface area contributed by atoms with E-state index in [1.54, 1.807) is 92.0 Å². The average molecular weight is 1080 g/mol. The van der Waals surface area contributed by atoms with Crippen molar-refractivity contribution >= 4 is 52.4 Å². The second-order valence-electron chi connectivity index (χ2n) is 19.5. The summed E-state index contributed by atoms with van der Waals surface area (Å²) in [5.74, 6) is -3.93. The first kappa shape index (κ1) is 57.9. The monoisotopic (exact) mass is 1070 g/mol. The van der Waals surface area contributed by atoms with Gasteiger partial charge in [-0.3, -0.25) is 28.8 Å². The van der Waals surface area contributed by atoms with Gasteiger partial charge in [0.15, 0.2) is 0 Å². The number of hydrogen-bond acceptors (Lipinski definition) is 11. The van der Waals surface area contributed by atoms with Gasteiger partial charge >= 0.3 is 6.09 Å². The standard InChI is InChI=1S/C60H70N10O9/c1-3-17-40(28-27-39(2)78-38-42-20-9-5-10-21-42)32-49-55(72)68-51(33-41-18-7-4-8-19-41)59(76)70-37-45(79-60(77)63-31-30-62)35-52(70)57(74)69-53(43-22-11-6-12-23-43)58(75)67-50(34-44-36-64-47-25-14-13-24-46(44)47)56(73)65-48(54(71)66-49)26-15-16-29-61/h4-14,17-25,27-28,36,45,48-53,64H,1,15-16,26,29-35,37-38,61-62H2,2H3,(H,63,77)(H,65,73)(H,66,71)(H,67,75)(H,68,72)(H,69,74)/b39-27+,40-28+/t45-,48?,49?,50-,51?,52?,53?/m1/s1. The number of ether oxygens (including phenoxy) is 2. The predicted molar refractivity (Wildman–Crippen MR) is 299 cm³/mol. The number of unbranched alkanes of at least 4 members (excludes halogenated alkanes) is 1. The normalized spacial score (nSPS) is 21.7. The Labute approximate surface area is 459 Å². The third-order valence-corrected chi connectivity index (χ3v) is 13.6. The van der Waals surface area contributed by atoms with E-state index in [2.05, 4.69) is 49.2 Å². The SMILES string of the molecule is C=C=C/C(=C\C=C(/C)OCc1ccccc1)CC1NC(=O)C(CCCCN)NC(=O)[C@@H](Cc2c[nH]c3ccccc23)NC(=O)C(c2ccccc2)NC(=O)C2C[C@@H](OC(=O)NCCN)CN2C(=O)C(Cc2ccccc2)NC1=O. The Morgan fingerprint density at radius 3 is 2.05 bits per heavy atom. The van der Waals surface area contributed by atoms with Gasteiger partial charge in [-0.25, -0.2) is 4.79 Å². The number of benzene rings is 4. The second kappa shape index (κ2) is 29.1. The number of allylic oxidation sites excluding steroid dienone is 4. The van der Waals surface area contributed by atoms with Crippen molar-refractivity contribution in [1.29, 1.82) is 0 Å². The van der Waals surface area contributed by atoms with Crippen LogP contribution in [0.25, 0.3) is 10.9 Å². The summed E-state index contributed by atoms with van der Waals surface area (Å²) in [6.45, 7) is 6.09. The van der Waals surface area contributed by atoms with Gasteiger partial charge in [0.1, 0.15) is 49.0 Å². The Morgan fingerprint density at radius 1 is 0.709 bits per heavy atom. The van der Waals surface area contributed by atoms with E-state index in [0.717, 1.165) is 16.5 Å². The summed E-state index contributed by atoms with van der Waals surface area (Å²) < 4.78 is 11.8. The molecule has 2 fully saturated rings. The van der Waals surface area contributed by atoms with E-state index in [0.29, 0.717) is 54.0 Å². The lowest BCUT2D eigenvalue weighted by atomic mass is 9.99. The van der Waals surface area contributed by atoms with Gasteiger partial charge in [0.2, 0.25) is 35.4 Å². The van der Waals surface area contributed by atoms with Gasteiger partial charge in [-0.1, -0.05) is 122 Å². The molecule has 7 rings (SSSR count). The lowest BCUT2D eigenvalue weighted by molar-refractivity contribution is -0.143. The van der Waals surface area contributed by atoms with Crippen molar-refractivity contribution in [3.8, 4) is 0 Å². The maximum absolute atomic E-state index is 15.4. The number of para-hydroxylation sites is 1. The van der Waals surface area contributed by atoms with E-state index in [1.807, 2.05) is 54.6 Å². The molecular weight excluding hydrogens is 1000 g/mol. The topological polar surface area (TPSA) is 281 Å². The molecule has 0 radical (unpaired) electrons. The van der Waals surface area contributed by atoms with Crippen molar-refractivity contribution in [1.82, 2.24) is 41.8 Å². The summed E-state index contributed by atoms with van der Waals surface area (Å²) in [6, 6.07) is 26.2. The zero-order valence-electron chi connectivity index (χ0n) is 44.3. The summed E-state index contributed by atoms with van der Waals surface area (Å²) >= 11 is 0. The number of amides is 7. The van der Waals surface area contributed by atoms with Crippen molar-refractivity contribution in [3.63, 3.8) is 0 Å². The van der Waals surface area contributed by atoms with Crippen LogP contribution in [-0.2, 0) is 57.7 Å². The van der Waals surface area contributed by atoms with Crippen molar-refractivity contribution in [2.75, 3.05) is 26.2 Å². The molecule has 414 valence electrons. The molecule has 5 unspecified atom stereocenters. The molecular formula is C60H70N10O9. The molecule has 2 aliphatic heterocycles. The molecule has 0 spiro atoms. The molecule has 5 aromatic rings. The third-order valence-electron chi connectivity index (χ3n) is 13.6. The largest absolute Gasteiger partial charge is 0.494 e. The lowest BCUT2D eigenvalue weighted by Crippen LogP contribution is -2.60. The fraction of sp³-hybridized carbons (Fsp3) is 0.333. The van der Waals surface area contributed by atoms with Gasteiger partial charge in [0.25, 0.3) is 0 Å². The van der Waals surface area contributed by atoms with Crippen LogP contribution in [0.3, 0.4) is 0 Å². The number of fused-ring (bicyclic) bond motifs is 2. The number of alkyl carbamates (subject to hydrolysis) is 1. The minimum absolute atomic E-state index is 0.0534. The van der Waals surface area contributed by atoms with Gasteiger partial charge in [0.05, 0.1) is 12.3 Å². The Hall–Kier alpha value is -8.77. The fourth-order valence-electron chi connectivity index (χ4n) is 9.53. The lowest BCUT2D eigenvalue weighted by Gasteiger charge is -2.32. The van der Waals surface area contributed by atoms with Crippen LogP contribution < -0.4 is 43.4 Å². The van der Waals surface area contributed by atoms with Crippen LogP contribution in [0.2, 0.25) is 0 Å². The van der Waals surface area contributed by atoms with Crippen molar-refractivity contribution in [3.05, 3.63) is 186 Å². The smallest absolute Gasteiger partial charge is 0.407 e. The molecule has 19 nitrogen and oxygen atoms in total. The molecule has 4 aromatic carbocycles. The number of nitrogens with two attached hydrogens (primary N) is 2. The number of nitrogens with zero attached hydrogens (tertiary/aromatic N) is 1. The summed E-state index contributed by atoms with van der Waals surface area (Å²) in [4.78, 5) is 108. The Kier molecular flexibility index (Phi) is 21.3. The molecule has 19 heteroatoms. The highest BCUT2D eigenvalue weighted by atomic mass is 16.6. The summed E-state index contributed by atoms with van der Waals surface area (Å²) in [5, 5.41) is 17.8. The van der Waals surface area contributed by atoms with Gasteiger partial charge < -0.3 is 62.7 Å². The van der Waals surface area contributed by atoms with E-state index < -0.39 is 83.9 Å². The number of aromatic amines is 1. The first-order chi connectivity index (χ1) is 38.3. The van der Waals surface area contributed by atoms with E-state index in [-0.39, 0.29) is 51.7 Å². The Bertz CT molecular complexity index is 3010. The van der Waals surface area contributed by atoms with Crippen molar-refractivity contribution in [2.45, 2.75) is 101 Å². The van der Waals surface area contributed by atoms with Crippen LogP contribution >= 0.6 is 0 Å². The number of nitrogens with one attached hydrogen (secondary N) is 7. The van der Waals surface area contributed by atoms with E-state index in [4.69, 9.17) is 20.9 Å². The summed E-state index contributed by atoms with van der Waals surface area (Å²) in [7, 11) is 0. The molecule has 2 saturated heterocycles. The van der Waals surface area contributed by atoms with Crippen LogP contribution in [-0.4, -0.2) is 114 Å². The number of H-pyrrole nitrogens is 1. The Balaban J connectivity index is 1.33. The van der Waals surface area contributed by atoms with Gasteiger partial charge in [-0.2, -0.15) is 0 Å². The summed E-state index contributed by atoms with van der Waals surface area (Å²) in [6.07, 6.45) is 5.36. The summed E-state index contributed by atoms with van der Waals surface area (Å²) in [5.41, 5.74) is 18.2. The van der Waals surface area contributed by atoms with E-state index in [1.165, 1.54) is 4.90 Å². The van der Waals surface area contributed by atoms with Gasteiger partial charge in [0, 0.05) is 55.9 Å². The number of hydrogen-bond donors (Lipinski definition) is 9. The van der Waals surface area contributed by atoms with Crippen molar-refractivity contribution < 1.29 is 43.0 Å². The number of rotatable bonds is 19. The molecule has 1 aromatic heterocycles. The minimum Gasteiger partial charge on any atom is -0.494 e. The molecule has 0 aliphatic carbocycles. The van der Waals surface area contributed by atoms with E-state index >= 15 is 9.59 Å². The average Bonchev–Trinajstić information content (AvgIpc) is 4.18. The van der Waals surface area contributed by atoms with Crippen LogP contribution in [0.15, 0.2) is 163 Å². The molecule has 0 bridgehead atoms. The highest BCUT2D eigenvalue weighted by Gasteiger charge is 2.45. The maximum atomic E-state index is 15.4. The van der Waals surface area contributed by atoms with Gasteiger partial charge in [-0.15, -0.1) is 5.73 Å². The number of aromatic nitrogens is 1. The van der Waals surface area contributed by atoms with Crippen LogP contribution in [0.1, 0.15) is 67.3 Å². The molecule has 7 atom stereocenters. The quantitative estimate of drug-likeness (QED) is 0.0243. The molecule has 3 heterocycles. The Morgan fingerprint density at radius 2 is 1.34 bits per heavy atom. The maximum Gasteiger partial charge on any atom is 0.407 e. The number of carbonyl (C=O) groups excluding carboxylic acids is 7. The van der Waals surface area contributed by atoms with Crippen LogP contribution in [0.5, 0.6) is 0 Å². The minimum atomic E-state index is -1.43. The van der Waals surface area contributed by atoms with Crippen molar-refractivity contribution in [2.24, 2.45) is 11.5 Å². The molecule has 11 N–H and O–H groups in total. The fourth-order valence-corrected chi connectivity index (χ4v) is 9.53. The zero-order valence-corrected chi connectivity index (χ0v) is 44.3. The first-order valence-electron chi connectivity index (χ1n) is 26.5. The number of carbonyl (C=O) groups is 7. The second-order valence-corrected chi connectivity index (χ2v) is 19.5. The van der Waals surface area contributed by atoms with Crippen LogP contribution in [0, 0.1) is 0 Å². The predicted octanol–water partition coefficient (Wildman–Crippen LogP) is 4.33. The first-order valence-corrected chi connectivity index (χ1v) is 26.5. The molecule has 2 aliphatic rings. The molecule has 7 amide bonds. The molecule has 0 saturated carbocycles.